The first-order chi connectivity index (χ1) is 20.7. The number of likely N-dealkylation sites (tertiary alicyclic amines) is 1. The molecule has 256 valence electrons. The number of amides is 2. The molecule has 1 aliphatic heterocycles. The van der Waals surface area contributed by atoms with Crippen LogP contribution in [0.3, 0.4) is 0 Å². The van der Waals surface area contributed by atoms with Gasteiger partial charge in [-0.05, 0) is 76.7 Å². The number of carbonyl (C=O) groups excluding carboxylic acids is 2. The first-order valence-electron chi connectivity index (χ1n) is 16.7. The molecule has 10 heteroatoms. The zero-order valence-electron chi connectivity index (χ0n) is 29.2. The van der Waals surface area contributed by atoms with Gasteiger partial charge in [0, 0.05) is 31.4 Å². The number of aliphatic hydroxyl groups excluding tert-OH is 1. The molecular weight excluding hydrogens is 588 g/mol. The molecule has 6 atom stereocenters. The third-order valence-electron chi connectivity index (χ3n) is 9.56. The van der Waals surface area contributed by atoms with Gasteiger partial charge in [0.1, 0.15) is 6.04 Å². The van der Waals surface area contributed by atoms with Crippen LogP contribution in [-0.4, -0.2) is 90.6 Å². The quantitative estimate of drug-likeness (QED) is 0.272. The number of rotatable bonds is 12. The lowest BCUT2D eigenvalue weighted by molar-refractivity contribution is -0.133. The van der Waals surface area contributed by atoms with Crippen LogP contribution in [0.25, 0.3) is 0 Å². The number of hydrogen-bond acceptors (Lipinski definition) is 7. The Morgan fingerprint density at radius 3 is 2.13 bits per heavy atom. The summed E-state index contributed by atoms with van der Waals surface area (Å²) in [5, 5.41) is 21.3. The smallest absolute Gasteiger partial charge is 0.239 e. The third-order valence-corrected chi connectivity index (χ3v) is 11.7. The van der Waals surface area contributed by atoms with Gasteiger partial charge < -0.3 is 21.1 Å². The van der Waals surface area contributed by atoms with Gasteiger partial charge in [-0.25, -0.2) is 8.42 Å². The summed E-state index contributed by atoms with van der Waals surface area (Å²) in [6, 6.07) is 7.55. The zero-order valence-corrected chi connectivity index (χ0v) is 30.0. The Kier molecular flexibility index (Phi) is 12.3. The van der Waals surface area contributed by atoms with Crippen molar-refractivity contribution >= 4 is 21.7 Å². The second-order valence-electron chi connectivity index (χ2n) is 16.4. The van der Waals surface area contributed by atoms with Crippen molar-refractivity contribution in [2.75, 3.05) is 25.9 Å². The highest BCUT2D eigenvalue weighted by molar-refractivity contribution is 7.92. The highest BCUT2D eigenvalue weighted by Gasteiger charge is 2.45. The number of nitrogens with one attached hydrogen (secondary N) is 3. The molecular formula is C35H60N4O5S. The summed E-state index contributed by atoms with van der Waals surface area (Å²) in [7, 11) is -3.63. The van der Waals surface area contributed by atoms with Crippen molar-refractivity contribution in [3.63, 3.8) is 0 Å². The Balaban J connectivity index is 1.91. The average Bonchev–Trinajstić information content (AvgIpc) is 2.90. The van der Waals surface area contributed by atoms with Gasteiger partial charge in [0.15, 0.2) is 9.84 Å². The maximum atomic E-state index is 14.0. The largest absolute Gasteiger partial charge is 0.390 e. The van der Waals surface area contributed by atoms with Gasteiger partial charge in [-0.3, -0.25) is 14.5 Å². The molecule has 1 heterocycles. The van der Waals surface area contributed by atoms with Crippen molar-refractivity contribution in [1.29, 1.82) is 0 Å². The number of carbonyl (C=O) groups is 2. The summed E-state index contributed by atoms with van der Waals surface area (Å²) in [5.41, 5.74) is 0.371. The highest BCUT2D eigenvalue weighted by Crippen LogP contribution is 2.39. The molecule has 1 aromatic rings. The fourth-order valence-electron chi connectivity index (χ4n) is 6.69. The summed E-state index contributed by atoms with van der Waals surface area (Å²) in [4.78, 5) is 29.8. The Hall–Kier alpha value is -2.01. The van der Waals surface area contributed by atoms with E-state index in [1.807, 2.05) is 71.9 Å². The fraction of sp³-hybridized carbons (Fsp3) is 0.771. The van der Waals surface area contributed by atoms with Gasteiger partial charge in [-0.2, -0.15) is 0 Å². The van der Waals surface area contributed by atoms with E-state index < -0.39 is 38.7 Å². The Morgan fingerprint density at radius 2 is 1.58 bits per heavy atom. The summed E-state index contributed by atoms with van der Waals surface area (Å²) in [6.45, 7) is 16.5. The molecule has 2 fully saturated rings. The molecule has 0 radical (unpaired) electrons. The molecule has 3 rings (SSSR count). The van der Waals surface area contributed by atoms with Crippen molar-refractivity contribution in [1.82, 2.24) is 20.9 Å². The fourth-order valence-corrected chi connectivity index (χ4v) is 7.31. The summed E-state index contributed by atoms with van der Waals surface area (Å²) < 4.78 is 24.4. The lowest BCUT2D eigenvalue weighted by Crippen LogP contribution is -2.64. The van der Waals surface area contributed by atoms with Gasteiger partial charge in [-0.1, -0.05) is 70.4 Å². The van der Waals surface area contributed by atoms with Gasteiger partial charge in [0.2, 0.25) is 11.8 Å². The maximum absolute atomic E-state index is 14.0. The monoisotopic (exact) mass is 648 g/mol. The van der Waals surface area contributed by atoms with Crippen LogP contribution in [0.1, 0.15) is 93.1 Å². The minimum absolute atomic E-state index is 0.0243. The Bertz CT molecular complexity index is 1240. The molecule has 0 bridgehead atoms. The maximum Gasteiger partial charge on any atom is 0.239 e. The van der Waals surface area contributed by atoms with Crippen molar-refractivity contribution in [2.45, 2.75) is 128 Å². The van der Waals surface area contributed by atoms with Gasteiger partial charge in [0.25, 0.3) is 0 Å². The van der Waals surface area contributed by atoms with Crippen molar-refractivity contribution in [3.8, 4) is 0 Å². The SMILES string of the molecule is CC(C)(C)CNC(C(=O)NC(Cc1ccccc1)C(O)CN1CC2CCCCC2CC1C(=O)NC(C)(C)C)C(C)(C)S(C)(=O)=O. The van der Waals surface area contributed by atoms with E-state index in [0.717, 1.165) is 37.6 Å². The van der Waals surface area contributed by atoms with Crippen LogP contribution in [0.15, 0.2) is 30.3 Å². The number of benzene rings is 1. The lowest BCUT2D eigenvalue weighted by Gasteiger charge is -2.47. The van der Waals surface area contributed by atoms with Crippen molar-refractivity contribution in [2.24, 2.45) is 17.3 Å². The van der Waals surface area contributed by atoms with Crippen LogP contribution in [0.2, 0.25) is 0 Å². The normalized spacial score (nSPS) is 23.8. The second-order valence-corrected chi connectivity index (χ2v) is 19.0. The number of sulfone groups is 1. The van der Waals surface area contributed by atoms with Crippen LogP contribution in [0.4, 0.5) is 0 Å². The van der Waals surface area contributed by atoms with E-state index in [1.165, 1.54) is 12.8 Å². The van der Waals surface area contributed by atoms with Crippen LogP contribution in [-0.2, 0) is 25.8 Å². The van der Waals surface area contributed by atoms with E-state index in [-0.39, 0.29) is 29.4 Å². The zero-order chi connectivity index (χ0) is 33.8. The van der Waals surface area contributed by atoms with Crippen LogP contribution in [0, 0.1) is 17.3 Å². The first kappa shape index (κ1) is 37.4. The van der Waals surface area contributed by atoms with E-state index in [0.29, 0.717) is 24.8 Å². The summed E-state index contributed by atoms with van der Waals surface area (Å²) in [6.07, 6.45) is 5.90. The van der Waals surface area contributed by atoms with E-state index in [1.54, 1.807) is 13.8 Å². The first-order valence-corrected chi connectivity index (χ1v) is 18.6. The highest BCUT2D eigenvalue weighted by atomic mass is 32.2. The molecule has 1 saturated heterocycles. The minimum atomic E-state index is -3.63. The van der Waals surface area contributed by atoms with Crippen LogP contribution >= 0.6 is 0 Å². The number of piperidine rings is 1. The molecule has 9 nitrogen and oxygen atoms in total. The molecule has 0 aromatic heterocycles. The second kappa shape index (κ2) is 14.8. The standard InChI is InChI=1S/C35H60N4O5S/c1-33(2,3)23-36-30(35(7,8)45(9,43)44)32(42)37-27(19-24-15-11-10-12-16-24)29(40)22-39-21-26-18-14-13-17-25(26)20-28(39)31(41)38-34(4,5)6/h10-12,15-16,25-30,36,40H,13-14,17-23H2,1-9H3,(H,37,42)(H,38,41). The van der Waals surface area contributed by atoms with Gasteiger partial charge in [-0.15, -0.1) is 0 Å². The average molecular weight is 649 g/mol. The summed E-state index contributed by atoms with van der Waals surface area (Å²) in [5.74, 6) is 0.482. The molecule has 0 spiro atoms. The molecule has 1 aromatic carbocycles. The molecule has 4 N–H and O–H groups in total. The van der Waals surface area contributed by atoms with E-state index in [2.05, 4.69) is 20.9 Å². The number of fused-ring (bicyclic) bond motifs is 1. The predicted octanol–water partition coefficient (Wildman–Crippen LogP) is 3.70. The van der Waals surface area contributed by atoms with E-state index >= 15 is 0 Å². The Morgan fingerprint density at radius 1 is 0.978 bits per heavy atom. The van der Waals surface area contributed by atoms with Gasteiger partial charge >= 0.3 is 0 Å². The number of nitrogens with zero attached hydrogens (tertiary/aromatic N) is 1. The minimum Gasteiger partial charge on any atom is -0.390 e. The lowest BCUT2D eigenvalue weighted by atomic mass is 9.72. The molecule has 1 aliphatic carbocycles. The molecule has 1 saturated carbocycles. The Labute approximate surface area is 272 Å². The van der Waals surface area contributed by atoms with Crippen LogP contribution in [0.5, 0.6) is 0 Å². The number of aliphatic hydroxyl groups is 1. The third kappa shape index (κ3) is 10.8. The topological polar surface area (TPSA) is 128 Å². The number of β-amino-alcohol motifs (C(OH)–C–C–N with tert-alkyl or cyclic N) is 1. The van der Waals surface area contributed by atoms with Crippen molar-refractivity contribution < 1.29 is 23.1 Å². The van der Waals surface area contributed by atoms with Crippen LogP contribution < -0.4 is 16.0 Å². The van der Waals surface area contributed by atoms with Crippen molar-refractivity contribution in [3.05, 3.63) is 35.9 Å². The van der Waals surface area contributed by atoms with Gasteiger partial charge in [0.05, 0.1) is 22.9 Å². The van der Waals surface area contributed by atoms with E-state index in [4.69, 9.17) is 0 Å². The molecule has 45 heavy (non-hydrogen) atoms. The molecule has 2 amide bonds. The summed E-state index contributed by atoms with van der Waals surface area (Å²) >= 11 is 0. The molecule has 6 unspecified atom stereocenters. The number of hydrogen-bond donors (Lipinski definition) is 4. The molecule has 2 aliphatic rings. The predicted molar refractivity (Wildman–Crippen MR) is 182 cm³/mol. The van der Waals surface area contributed by atoms with E-state index in [9.17, 15) is 23.1 Å².